The topological polar surface area (TPSA) is 51.5 Å². The lowest BCUT2D eigenvalue weighted by molar-refractivity contribution is -0.274. The van der Waals surface area contributed by atoms with Crippen LogP contribution in [0.4, 0.5) is 13.2 Å². The highest BCUT2D eigenvalue weighted by molar-refractivity contribution is 6.43. The molecule has 1 aromatic heterocycles. The molecule has 0 amide bonds. The van der Waals surface area contributed by atoms with Gasteiger partial charge in [-0.05, 0) is 29.8 Å². The summed E-state index contributed by atoms with van der Waals surface area (Å²) in [5.74, 6) is -1.48. The van der Waals surface area contributed by atoms with Gasteiger partial charge in [-0.15, -0.1) is 13.2 Å². The van der Waals surface area contributed by atoms with Crippen molar-refractivity contribution in [1.82, 2.24) is 4.57 Å². The van der Waals surface area contributed by atoms with Crippen LogP contribution in [-0.2, 0) is 17.8 Å². The van der Waals surface area contributed by atoms with Crippen molar-refractivity contribution in [3.63, 3.8) is 0 Å². The van der Waals surface area contributed by atoms with E-state index >= 15 is 0 Å². The van der Waals surface area contributed by atoms with Crippen molar-refractivity contribution in [3.8, 4) is 5.75 Å². The number of carbonyl (C=O) groups is 1. The smallest absolute Gasteiger partial charge is 0.480 e. The SMILES string of the molecule is O=C(O)Cn1c(Cl)c(Cc2cccc(OC(F)(F)F)c2)c2cc(Cl)c(Cl)cc21. The fraction of sp³-hybridized carbons (Fsp3) is 0.167. The van der Waals surface area contributed by atoms with E-state index in [-0.39, 0.29) is 27.4 Å². The molecule has 0 atom stereocenters. The van der Waals surface area contributed by atoms with Gasteiger partial charge in [0.05, 0.1) is 15.6 Å². The average Bonchev–Trinajstić information content (AvgIpc) is 2.79. The van der Waals surface area contributed by atoms with Crippen LogP contribution in [-0.4, -0.2) is 22.0 Å². The first-order chi connectivity index (χ1) is 13.0. The van der Waals surface area contributed by atoms with Crippen LogP contribution in [0, 0.1) is 0 Å². The van der Waals surface area contributed by atoms with Crippen LogP contribution in [0.25, 0.3) is 10.9 Å². The molecule has 0 radical (unpaired) electrons. The molecule has 3 aromatic rings. The van der Waals surface area contributed by atoms with E-state index in [0.29, 0.717) is 22.0 Å². The number of fused-ring (bicyclic) bond motifs is 1. The number of alkyl halides is 3. The van der Waals surface area contributed by atoms with Crippen LogP contribution in [0.1, 0.15) is 11.1 Å². The van der Waals surface area contributed by atoms with E-state index in [2.05, 4.69) is 4.74 Å². The maximum absolute atomic E-state index is 12.4. The quantitative estimate of drug-likeness (QED) is 0.503. The molecule has 1 heterocycles. The highest BCUT2D eigenvalue weighted by atomic mass is 35.5. The van der Waals surface area contributed by atoms with E-state index in [9.17, 15) is 18.0 Å². The highest BCUT2D eigenvalue weighted by Crippen LogP contribution is 2.37. The van der Waals surface area contributed by atoms with Gasteiger partial charge in [-0.2, -0.15) is 0 Å². The molecule has 10 heteroatoms. The molecule has 0 aliphatic heterocycles. The third kappa shape index (κ3) is 4.48. The maximum atomic E-state index is 12.4. The Morgan fingerprint density at radius 3 is 2.43 bits per heavy atom. The molecule has 0 aliphatic carbocycles. The Labute approximate surface area is 172 Å². The van der Waals surface area contributed by atoms with E-state index in [4.69, 9.17) is 39.9 Å². The number of carboxylic acids is 1. The molecule has 2 aromatic carbocycles. The minimum atomic E-state index is -4.81. The number of aliphatic carboxylic acids is 1. The zero-order chi connectivity index (χ0) is 20.6. The number of ether oxygens (including phenoxy) is 1. The van der Waals surface area contributed by atoms with E-state index in [1.165, 1.54) is 28.8 Å². The van der Waals surface area contributed by atoms with Gasteiger partial charge in [0.15, 0.2) is 0 Å². The second-order valence-corrected chi connectivity index (χ2v) is 7.08. The molecule has 0 saturated carbocycles. The van der Waals surface area contributed by atoms with Crippen molar-refractivity contribution in [1.29, 1.82) is 0 Å². The van der Waals surface area contributed by atoms with E-state index in [1.807, 2.05) is 0 Å². The van der Waals surface area contributed by atoms with Crippen LogP contribution in [0.5, 0.6) is 5.75 Å². The van der Waals surface area contributed by atoms with E-state index < -0.39 is 18.9 Å². The van der Waals surface area contributed by atoms with Crippen molar-refractivity contribution < 1.29 is 27.8 Å². The zero-order valence-corrected chi connectivity index (χ0v) is 16.1. The molecule has 0 spiro atoms. The summed E-state index contributed by atoms with van der Waals surface area (Å²) in [7, 11) is 0. The number of hydrogen-bond donors (Lipinski definition) is 1. The standard InChI is InChI=1S/C18H11Cl3F3NO3/c19-13-6-11-12(5-9-2-1-3-10(4-9)28-18(22,23)24)17(21)25(8-16(26)27)15(11)7-14(13)20/h1-4,6-7H,5,8H2,(H,26,27). The molecule has 28 heavy (non-hydrogen) atoms. The Bertz CT molecular complexity index is 1060. The number of halogens is 6. The lowest BCUT2D eigenvalue weighted by Gasteiger charge is -2.10. The molecule has 0 bridgehead atoms. The van der Waals surface area contributed by atoms with Gasteiger partial charge in [0.2, 0.25) is 0 Å². The van der Waals surface area contributed by atoms with Gasteiger partial charge in [-0.25, -0.2) is 0 Å². The van der Waals surface area contributed by atoms with Gasteiger partial charge < -0.3 is 14.4 Å². The molecule has 1 N–H and O–H groups in total. The largest absolute Gasteiger partial charge is 0.573 e. The van der Waals surface area contributed by atoms with Gasteiger partial charge >= 0.3 is 12.3 Å². The fourth-order valence-electron chi connectivity index (χ4n) is 2.90. The Morgan fingerprint density at radius 1 is 1.11 bits per heavy atom. The van der Waals surface area contributed by atoms with Gasteiger partial charge in [0, 0.05) is 17.4 Å². The lowest BCUT2D eigenvalue weighted by atomic mass is 10.0. The Hall–Kier alpha value is -2.09. The van der Waals surface area contributed by atoms with Crippen molar-refractivity contribution in [3.05, 3.63) is 62.7 Å². The van der Waals surface area contributed by atoms with Gasteiger partial charge in [0.25, 0.3) is 0 Å². The average molecular weight is 453 g/mol. The number of benzene rings is 2. The molecule has 0 saturated heterocycles. The number of hydrogen-bond acceptors (Lipinski definition) is 2. The number of nitrogens with zero attached hydrogens (tertiary/aromatic N) is 1. The summed E-state index contributed by atoms with van der Waals surface area (Å²) in [4.78, 5) is 11.2. The molecule has 0 fully saturated rings. The fourth-order valence-corrected chi connectivity index (χ4v) is 3.54. The first-order valence-corrected chi connectivity index (χ1v) is 8.90. The molecule has 148 valence electrons. The number of rotatable bonds is 5. The maximum Gasteiger partial charge on any atom is 0.573 e. The molecular formula is C18H11Cl3F3NO3. The summed E-state index contributed by atoms with van der Waals surface area (Å²) in [6.07, 6.45) is -4.67. The summed E-state index contributed by atoms with van der Waals surface area (Å²) >= 11 is 18.5. The molecule has 0 aliphatic rings. The third-order valence-corrected chi connectivity index (χ3v) is 5.10. The van der Waals surface area contributed by atoms with Gasteiger partial charge in [-0.3, -0.25) is 4.79 Å². The van der Waals surface area contributed by atoms with Crippen LogP contribution >= 0.6 is 34.8 Å². The minimum Gasteiger partial charge on any atom is -0.480 e. The summed E-state index contributed by atoms with van der Waals surface area (Å²) in [5.41, 5.74) is 1.46. The Kier molecular flexibility index (Phi) is 5.70. The first kappa shape index (κ1) is 20.6. The Morgan fingerprint density at radius 2 is 1.79 bits per heavy atom. The summed E-state index contributed by atoms with van der Waals surface area (Å²) in [6.45, 7) is -0.412. The van der Waals surface area contributed by atoms with E-state index in [1.54, 1.807) is 12.1 Å². The van der Waals surface area contributed by atoms with Crippen LogP contribution < -0.4 is 4.74 Å². The molecular weight excluding hydrogens is 442 g/mol. The van der Waals surface area contributed by atoms with Crippen molar-refractivity contribution >= 4 is 51.7 Å². The van der Waals surface area contributed by atoms with Crippen molar-refractivity contribution in [2.45, 2.75) is 19.3 Å². The zero-order valence-electron chi connectivity index (χ0n) is 13.9. The third-order valence-electron chi connectivity index (χ3n) is 3.95. The van der Waals surface area contributed by atoms with Gasteiger partial charge in [0.1, 0.15) is 17.4 Å². The lowest BCUT2D eigenvalue weighted by Crippen LogP contribution is -2.17. The number of aromatic nitrogens is 1. The number of carboxylic acid groups (broad SMARTS) is 1. The first-order valence-electron chi connectivity index (χ1n) is 7.77. The Balaban J connectivity index is 2.08. The van der Waals surface area contributed by atoms with Crippen LogP contribution in [0.3, 0.4) is 0 Å². The van der Waals surface area contributed by atoms with Crippen molar-refractivity contribution in [2.75, 3.05) is 0 Å². The van der Waals surface area contributed by atoms with Crippen LogP contribution in [0.2, 0.25) is 15.2 Å². The summed E-state index contributed by atoms with van der Waals surface area (Å²) < 4.78 is 42.6. The monoisotopic (exact) mass is 451 g/mol. The second kappa shape index (κ2) is 7.73. The van der Waals surface area contributed by atoms with Crippen molar-refractivity contribution in [2.24, 2.45) is 0 Å². The van der Waals surface area contributed by atoms with Crippen LogP contribution in [0.15, 0.2) is 36.4 Å². The van der Waals surface area contributed by atoms with Gasteiger partial charge in [-0.1, -0.05) is 46.9 Å². The second-order valence-electron chi connectivity index (χ2n) is 5.90. The summed E-state index contributed by atoms with van der Waals surface area (Å²) in [5, 5.41) is 10.3. The highest BCUT2D eigenvalue weighted by Gasteiger charge is 2.31. The normalized spacial score (nSPS) is 11.8. The molecule has 0 unspecified atom stereocenters. The predicted molar refractivity (Wildman–Crippen MR) is 101 cm³/mol. The minimum absolute atomic E-state index is 0.134. The van der Waals surface area contributed by atoms with E-state index in [0.717, 1.165) is 0 Å². The summed E-state index contributed by atoms with van der Waals surface area (Å²) in [6, 6.07) is 8.50. The molecule has 3 rings (SSSR count). The predicted octanol–water partition coefficient (Wildman–Crippen LogP) is 6.18. The molecule has 4 nitrogen and oxygen atoms in total.